The second-order valence-corrected chi connectivity index (χ2v) is 14.7. The molecule has 0 radical (unpaired) electrons. The number of para-hydroxylation sites is 1. The average molecular weight is 737 g/mol. The van der Waals surface area contributed by atoms with Crippen LogP contribution in [0.15, 0.2) is 224 Å². The highest BCUT2D eigenvalue weighted by Crippen LogP contribution is 2.57. The van der Waals surface area contributed by atoms with Crippen molar-refractivity contribution in [3.8, 4) is 11.1 Å². The molecule has 0 aliphatic heterocycles. The van der Waals surface area contributed by atoms with Gasteiger partial charge in [-0.2, -0.15) is 0 Å². The molecule has 0 atom stereocenters. The zero-order valence-corrected chi connectivity index (χ0v) is 31.4. The number of rotatable bonds is 8. The van der Waals surface area contributed by atoms with Crippen LogP contribution in [0.1, 0.15) is 22.3 Å². The molecule has 1 aliphatic rings. The van der Waals surface area contributed by atoms with E-state index in [2.05, 4.69) is 216 Å². The monoisotopic (exact) mass is 736 g/mol. The molecule has 2 nitrogen and oxygen atoms in total. The average Bonchev–Trinajstić information content (AvgIpc) is 3.55. The van der Waals surface area contributed by atoms with E-state index in [9.17, 15) is 0 Å². The lowest BCUT2D eigenvalue weighted by molar-refractivity contribution is 0.768. The van der Waals surface area contributed by atoms with E-state index in [-0.39, 0.29) is 0 Å². The Hall–Kier alpha value is -6.87. The Morgan fingerprint density at radius 3 is 1.48 bits per heavy atom. The van der Waals surface area contributed by atoms with Crippen molar-refractivity contribution in [2.24, 2.45) is 0 Å². The van der Waals surface area contributed by atoms with Crippen LogP contribution in [0, 0.1) is 0 Å². The molecule has 0 aromatic heterocycles. The van der Waals surface area contributed by atoms with Crippen molar-refractivity contribution < 1.29 is 0 Å². The predicted octanol–water partition coefficient (Wildman–Crippen LogP) is 14.8. The summed E-state index contributed by atoms with van der Waals surface area (Å²) in [5.74, 6) is 0. The number of fused-ring (bicyclic) bond motifs is 4. The van der Waals surface area contributed by atoms with Gasteiger partial charge < -0.3 is 9.80 Å². The summed E-state index contributed by atoms with van der Waals surface area (Å²) < 4.78 is 0. The van der Waals surface area contributed by atoms with Crippen molar-refractivity contribution in [2.45, 2.75) is 5.41 Å². The molecular formula is C53H37ClN2. The minimum atomic E-state index is -0.468. The fourth-order valence-corrected chi connectivity index (χ4v) is 8.93. The van der Waals surface area contributed by atoms with Crippen LogP contribution in [0.4, 0.5) is 34.1 Å². The lowest BCUT2D eigenvalue weighted by Gasteiger charge is -2.34. The van der Waals surface area contributed by atoms with Gasteiger partial charge in [0.15, 0.2) is 0 Å². The van der Waals surface area contributed by atoms with Crippen molar-refractivity contribution in [1.29, 1.82) is 0 Å². The number of benzene rings is 9. The molecule has 0 saturated carbocycles. The summed E-state index contributed by atoms with van der Waals surface area (Å²) in [7, 11) is 0. The summed E-state index contributed by atoms with van der Waals surface area (Å²) in [6.45, 7) is 0. The smallest absolute Gasteiger partial charge is 0.0713 e. The first-order valence-electron chi connectivity index (χ1n) is 19.0. The molecule has 1 aliphatic carbocycles. The van der Waals surface area contributed by atoms with E-state index in [4.69, 9.17) is 11.6 Å². The predicted molar refractivity (Wildman–Crippen MR) is 236 cm³/mol. The maximum absolute atomic E-state index is 6.75. The third-order valence-electron chi connectivity index (χ3n) is 11.1. The van der Waals surface area contributed by atoms with Gasteiger partial charge in [-0.3, -0.25) is 0 Å². The van der Waals surface area contributed by atoms with Gasteiger partial charge in [-0.1, -0.05) is 163 Å². The van der Waals surface area contributed by atoms with Crippen molar-refractivity contribution in [3.63, 3.8) is 0 Å². The summed E-state index contributed by atoms with van der Waals surface area (Å²) in [4.78, 5) is 4.66. The Bertz CT molecular complexity index is 2790. The van der Waals surface area contributed by atoms with E-state index in [1.165, 1.54) is 44.2 Å². The standard InChI is InChI=1S/C53H37ClN2/c54-42-22-14-25-44(35-42)56(46-27-15-26-45(36-46)55(43-23-8-3-9-24-43)47-31-30-38-16-10-11-17-39(38)34-47)48-32-33-52-50(37-48)49-28-12-13-29-51(49)53(52,40-18-4-1-5-19-40)41-20-6-2-7-21-41/h1-37H. The Morgan fingerprint density at radius 2 is 0.786 bits per heavy atom. The molecule has 266 valence electrons. The summed E-state index contributed by atoms with van der Waals surface area (Å²) in [5.41, 5.74) is 13.3. The molecule has 0 amide bonds. The Kier molecular flexibility index (Phi) is 8.47. The summed E-state index contributed by atoms with van der Waals surface area (Å²) >= 11 is 6.75. The first kappa shape index (κ1) is 33.7. The van der Waals surface area contributed by atoms with E-state index in [1.54, 1.807) is 0 Å². The second-order valence-electron chi connectivity index (χ2n) is 14.3. The highest BCUT2D eigenvalue weighted by Gasteiger charge is 2.46. The quantitative estimate of drug-likeness (QED) is 0.153. The highest BCUT2D eigenvalue weighted by molar-refractivity contribution is 6.30. The molecule has 0 bridgehead atoms. The third kappa shape index (κ3) is 5.66. The molecule has 3 heteroatoms. The Balaban J connectivity index is 1.17. The molecule has 0 spiro atoms. The zero-order chi connectivity index (χ0) is 37.5. The van der Waals surface area contributed by atoms with Crippen LogP contribution in [0.3, 0.4) is 0 Å². The topological polar surface area (TPSA) is 6.48 Å². The van der Waals surface area contributed by atoms with Crippen molar-refractivity contribution in [2.75, 3.05) is 9.80 Å². The normalized spacial score (nSPS) is 12.5. The van der Waals surface area contributed by atoms with Crippen LogP contribution in [0.5, 0.6) is 0 Å². The fourth-order valence-electron chi connectivity index (χ4n) is 8.75. The van der Waals surface area contributed by atoms with Crippen LogP contribution in [0.2, 0.25) is 5.02 Å². The highest BCUT2D eigenvalue weighted by atomic mass is 35.5. The van der Waals surface area contributed by atoms with Crippen molar-refractivity contribution in [1.82, 2.24) is 0 Å². The Labute approximate surface area is 333 Å². The van der Waals surface area contributed by atoms with E-state index in [0.717, 1.165) is 34.1 Å². The van der Waals surface area contributed by atoms with Crippen LogP contribution in [-0.2, 0) is 5.41 Å². The van der Waals surface area contributed by atoms with Crippen LogP contribution in [0.25, 0.3) is 21.9 Å². The molecule has 10 rings (SSSR count). The molecular weight excluding hydrogens is 700 g/mol. The molecule has 56 heavy (non-hydrogen) atoms. The van der Waals surface area contributed by atoms with Gasteiger partial charge in [0.2, 0.25) is 0 Å². The van der Waals surface area contributed by atoms with Crippen LogP contribution in [-0.4, -0.2) is 0 Å². The molecule has 0 unspecified atom stereocenters. The van der Waals surface area contributed by atoms with Crippen molar-refractivity contribution >= 4 is 56.5 Å². The SMILES string of the molecule is Clc1cccc(N(c2cccc(N(c3ccccc3)c3ccc4ccccc4c3)c2)c2ccc3c(c2)-c2ccccc2C3(c2ccccc2)c2ccccc2)c1. The van der Waals surface area contributed by atoms with Gasteiger partial charge >= 0.3 is 0 Å². The fraction of sp³-hybridized carbons (Fsp3) is 0.0189. The molecule has 0 heterocycles. The first-order chi connectivity index (χ1) is 27.7. The lowest BCUT2D eigenvalue weighted by Crippen LogP contribution is -2.28. The first-order valence-corrected chi connectivity index (χ1v) is 19.4. The van der Waals surface area contributed by atoms with Gasteiger partial charge in [0.05, 0.1) is 5.41 Å². The maximum Gasteiger partial charge on any atom is 0.0713 e. The van der Waals surface area contributed by atoms with Gasteiger partial charge in [-0.05, 0) is 117 Å². The summed E-state index contributed by atoms with van der Waals surface area (Å²) in [5, 5.41) is 3.10. The number of halogens is 1. The molecule has 0 N–H and O–H groups in total. The van der Waals surface area contributed by atoms with E-state index < -0.39 is 5.41 Å². The largest absolute Gasteiger partial charge is 0.310 e. The van der Waals surface area contributed by atoms with Crippen molar-refractivity contribution in [3.05, 3.63) is 252 Å². The number of nitrogens with zero attached hydrogens (tertiary/aromatic N) is 2. The van der Waals surface area contributed by atoms with Gasteiger partial charge in [-0.15, -0.1) is 0 Å². The lowest BCUT2D eigenvalue weighted by atomic mass is 9.68. The van der Waals surface area contributed by atoms with Gasteiger partial charge in [0, 0.05) is 39.1 Å². The summed E-state index contributed by atoms with van der Waals surface area (Å²) in [6.07, 6.45) is 0. The minimum absolute atomic E-state index is 0.468. The van der Waals surface area contributed by atoms with E-state index >= 15 is 0 Å². The van der Waals surface area contributed by atoms with Gasteiger partial charge in [-0.25, -0.2) is 0 Å². The maximum atomic E-state index is 6.75. The van der Waals surface area contributed by atoms with E-state index in [1.807, 2.05) is 18.2 Å². The number of anilines is 6. The van der Waals surface area contributed by atoms with Crippen LogP contribution >= 0.6 is 11.6 Å². The summed E-state index contributed by atoms with van der Waals surface area (Å²) in [6, 6.07) is 80.5. The van der Waals surface area contributed by atoms with Gasteiger partial charge in [0.1, 0.15) is 0 Å². The minimum Gasteiger partial charge on any atom is -0.310 e. The third-order valence-corrected chi connectivity index (χ3v) is 11.4. The number of hydrogen-bond donors (Lipinski definition) is 0. The number of hydrogen-bond acceptors (Lipinski definition) is 2. The zero-order valence-electron chi connectivity index (χ0n) is 30.6. The van der Waals surface area contributed by atoms with E-state index in [0.29, 0.717) is 5.02 Å². The molecule has 0 fully saturated rings. The molecule has 9 aromatic rings. The molecule has 0 saturated heterocycles. The van der Waals surface area contributed by atoms with Crippen LogP contribution < -0.4 is 9.80 Å². The second kappa shape index (κ2) is 14.1. The Morgan fingerprint density at radius 1 is 0.304 bits per heavy atom. The van der Waals surface area contributed by atoms with Gasteiger partial charge in [0.25, 0.3) is 0 Å². The molecule has 9 aromatic carbocycles.